The number of hydrogen-bond acceptors (Lipinski definition) is 4. The largest absolute Gasteiger partial charge is 0.478 e. The number of H-pyrrole nitrogens is 1. The summed E-state index contributed by atoms with van der Waals surface area (Å²) >= 11 is 0.593. The minimum Gasteiger partial charge on any atom is -0.478 e. The highest BCUT2D eigenvalue weighted by Gasteiger charge is 2.35. The second kappa shape index (κ2) is 6.98. The Morgan fingerprint density at radius 1 is 1.36 bits per heavy atom. The molecular formula is C15H8F4N2O3S. The first-order chi connectivity index (χ1) is 11.6. The average molecular weight is 372 g/mol. The van der Waals surface area contributed by atoms with E-state index in [2.05, 4.69) is 4.98 Å². The molecule has 0 aliphatic heterocycles. The summed E-state index contributed by atoms with van der Waals surface area (Å²) in [5, 5.41) is 17.5. The van der Waals surface area contributed by atoms with Gasteiger partial charge in [0.15, 0.2) is 0 Å². The van der Waals surface area contributed by atoms with Crippen molar-refractivity contribution >= 4 is 17.7 Å². The van der Waals surface area contributed by atoms with Crippen molar-refractivity contribution in [2.24, 2.45) is 0 Å². The van der Waals surface area contributed by atoms with Gasteiger partial charge in [0, 0.05) is 11.8 Å². The third-order valence-corrected chi connectivity index (χ3v) is 4.16. The summed E-state index contributed by atoms with van der Waals surface area (Å²) in [5.74, 6) is -2.80. The number of carboxylic acid groups (broad SMARTS) is 1. The van der Waals surface area contributed by atoms with Crippen molar-refractivity contribution in [2.75, 3.05) is 0 Å². The second-order valence-electron chi connectivity index (χ2n) is 4.73. The van der Waals surface area contributed by atoms with E-state index >= 15 is 0 Å². The average Bonchev–Trinajstić information content (AvgIpc) is 2.52. The molecule has 0 saturated carbocycles. The molecule has 2 aromatic rings. The van der Waals surface area contributed by atoms with Crippen molar-refractivity contribution in [3.8, 4) is 6.07 Å². The maximum absolute atomic E-state index is 14.0. The Bertz CT molecular complexity index is 932. The summed E-state index contributed by atoms with van der Waals surface area (Å²) in [4.78, 5) is 24.4. The Kier molecular flexibility index (Phi) is 5.18. The molecule has 2 N–H and O–H groups in total. The number of nitrogens with one attached hydrogen (secondary N) is 1. The van der Waals surface area contributed by atoms with E-state index in [0.717, 1.165) is 6.07 Å². The van der Waals surface area contributed by atoms with E-state index in [-0.39, 0.29) is 22.4 Å². The van der Waals surface area contributed by atoms with Gasteiger partial charge in [0.2, 0.25) is 5.56 Å². The third-order valence-electron chi connectivity index (χ3n) is 3.11. The van der Waals surface area contributed by atoms with Gasteiger partial charge < -0.3 is 10.1 Å². The van der Waals surface area contributed by atoms with Crippen molar-refractivity contribution in [1.29, 1.82) is 5.26 Å². The van der Waals surface area contributed by atoms with Crippen LogP contribution in [0.15, 0.2) is 34.1 Å². The number of aromatic amines is 1. The first kappa shape index (κ1) is 18.5. The molecule has 0 fully saturated rings. The van der Waals surface area contributed by atoms with E-state index in [9.17, 15) is 27.2 Å². The Hall–Kier alpha value is -2.80. The van der Waals surface area contributed by atoms with Gasteiger partial charge in [-0.05, 0) is 11.6 Å². The van der Waals surface area contributed by atoms with Crippen LogP contribution in [-0.4, -0.2) is 16.1 Å². The number of carbonyl (C=O) groups is 1. The monoisotopic (exact) mass is 372 g/mol. The van der Waals surface area contributed by atoms with E-state index in [0.29, 0.717) is 11.8 Å². The molecule has 1 aromatic heterocycles. The molecule has 1 aromatic carbocycles. The smallest absolute Gasteiger partial charge is 0.417 e. The van der Waals surface area contributed by atoms with Crippen LogP contribution in [0, 0.1) is 17.1 Å². The molecule has 0 saturated heterocycles. The van der Waals surface area contributed by atoms with Crippen LogP contribution in [0.2, 0.25) is 0 Å². The molecule has 0 aliphatic carbocycles. The van der Waals surface area contributed by atoms with E-state index in [1.807, 2.05) is 0 Å². The molecule has 0 unspecified atom stereocenters. The summed E-state index contributed by atoms with van der Waals surface area (Å²) in [5.41, 5.74) is -3.91. The summed E-state index contributed by atoms with van der Waals surface area (Å²) in [6, 6.07) is 5.23. The van der Waals surface area contributed by atoms with Gasteiger partial charge in [-0.15, -0.1) is 11.8 Å². The predicted molar refractivity (Wildman–Crippen MR) is 79.7 cm³/mol. The number of carboxylic acids is 1. The number of thioether (sulfide) groups is 1. The van der Waals surface area contributed by atoms with Gasteiger partial charge in [-0.1, -0.05) is 12.1 Å². The number of halogens is 4. The molecule has 0 bridgehead atoms. The lowest BCUT2D eigenvalue weighted by Crippen LogP contribution is -2.17. The van der Waals surface area contributed by atoms with Crippen LogP contribution in [0.3, 0.4) is 0 Å². The second-order valence-corrected chi connectivity index (χ2v) is 5.72. The van der Waals surface area contributed by atoms with E-state index in [4.69, 9.17) is 10.4 Å². The van der Waals surface area contributed by atoms with Crippen LogP contribution in [-0.2, 0) is 11.9 Å². The SMILES string of the molecule is N#Cc1c(C(F)(F)F)cc(=O)[nH]c1SCc1cccc(C(=O)O)c1F. The van der Waals surface area contributed by atoms with Crippen molar-refractivity contribution in [3.63, 3.8) is 0 Å². The standard InChI is InChI=1S/C15H8F4N2O3S/c16-12-7(2-1-3-8(12)14(23)24)6-25-13-9(5-20)10(15(17,18)19)4-11(22)21-13/h1-4H,6H2,(H,21,22)(H,23,24). The molecule has 0 aliphatic rings. The first-order valence-corrected chi connectivity index (χ1v) is 7.51. The molecule has 2 rings (SSSR count). The number of hydrogen-bond donors (Lipinski definition) is 2. The third kappa shape index (κ3) is 4.00. The molecule has 0 radical (unpaired) electrons. The van der Waals surface area contributed by atoms with Crippen LogP contribution in [0.1, 0.15) is 27.0 Å². The van der Waals surface area contributed by atoms with Gasteiger partial charge in [-0.25, -0.2) is 9.18 Å². The van der Waals surface area contributed by atoms with E-state index in [1.54, 1.807) is 0 Å². The molecule has 5 nitrogen and oxygen atoms in total. The lowest BCUT2D eigenvalue weighted by molar-refractivity contribution is -0.138. The maximum atomic E-state index is 14.0. The highest BCUT2D eigenvalue weighted by atomic mass is 32.2. The van der Waals surface area contributed by atoms with Crippen LogP contribution < -0.4 is 5.56 Å². The fourth-order valence-corrected chi connectivity index (χ4v) is 2.98. The Morgan fingerprint density at radius 2 is 2.04 bits per heavy atom. The van der Waals surface area contributed by atoms with Gasteiger partial charge in [0.1, 0.15) is 11.9 Å². The molecule has 0 atom stereocenters. The zero-order chi connectivity index (χ0) is 18.8. The van der Waals surface area contributed by atoms with Gasteiger partial charge >= 0.3 is 12.1 Å². The minimum absolute atomic E-state index is 0.0907. The fraction of sp³-hybridized carbons (Fsp3) is 0.133. The number of nitriles is 1. The van der Waals surface area contributed by atoms with Gasteiger partial charge in [0.05, 0.1) is 21.7 Å². The maximum Gasteiger partial charge on any atom is 0.417 e. The van der Waals surface area contributed by atoms with Crippen LogP contribution in [0.5, 0.6) is 0 Å². The van der Waals surface area contributed by atoms with Crippen molar-refractivity contribution in [3.05, 3.63) is 62.7 Å². The minimum atomic E-state index is -4.90. The van der Waals surface area contributed by atoms with E-state index < -0.39 is 40.2 Å². The van der Waals surface area contributed by atoms with Crippen LogP contribution in [0.25, 0.3) is 0 Å². The Labute approximate surface area is 141 Å². The van der Waals surface area contributed by atoms with Crippen LogP contribution in [0.4, 0.5) is 17.6 Å². The number of aromatic nitrogens is 1. The molecule has 0 amide bonds. The van der Waals surface area contributed by atoms with Crippen molar-refractivity contribution in [1.82, 2.24) is 4.98 Å². The molecule has 130 valence electrons. The molecular weight excluding hydrogens is 364 g/mol. The Balaban J connectivity index is 2.42. The normalized spacial score (nSPS) is 11.2. The number of alkyl halides is 3. The number of benzene rings is 1. The zero-order valence-corrected chi connectivity index (χ0v) is 13.0. The van der Waals surface area contributed by atoms with Crippen molar-refractivity contribution in [2.45, 2.75) is 17.0 Å². The molecule has 1 heterocycles. The van der Waals surface area contributed by atoms with Gasteiger partial charge in [-0.3, -0.25) is 4.79 Å². The molecule has 25 heavy (non-hydrogen) atoms. The Morgan fingerprint density at radius 3 is 2.60 bits per heavy atom. The number of aromatic carboxylic acids is 1. The number of rotatable bonds is 4. The summed E-state index contributed by atoms with van der Waals surface area (Å²) < 4.78 is 52.8. The van der Waals surface area contributed by atoms with Crippen LogP contribution >= 0.6 is 11.8 Å². The topological polar surface area (TPSA) is 94.0 Å². The highest BCUT2D eigenvalue weighted by molar-refractivity contribution is 7.98. The number of nitrogens with zero attached hydrogens (tertiary/aromatic N) is 1. The number of pyridine rings is 1. The summed E-state index contributed by atoms with van der Waals surface area (Å²) in [6.45, 7) is 0. The molecule has 10 heteroatoms. The summed E-state index contributed by atoms with van der Waals surface area (Å²) in [7, 11) is 0. The van der Waals surface area contributed by atoms with Gasteiger partial charge in [-0.2, -0.15) is 18.4 Å². The first-order valence-electron chi connectivity index (χ1n) is 6.53. The lowest BCUT2D eigenvalue weighted by atomic mass is 10.1. The predicted octanol–water partition coefficient (Wildman–Crippen LogP) is 3.39. The highest BCUT2D eigenvalue weighted by Crippen LogP contribution is 2.35. The molecule has 0 spiro atoms. The fourth-order valence-electron chi connectivity index (χ4n) is 1.99. The quantitative estimate of drug-likeness (QED) is 0.634. The van der Waals surface area contributed by atoms with E-state index in [1.165, 1.54) is 18.2 Å². The van der Waals surface area contributed by atoms with Crippen molar-refractivity contribution < 1.29 is 27.5 Å². The summed E-state index contributed by atoms with van der Waals surface area (Å²) in [6.07, 6.45) is -4.90. The van der Waals surface area contributed by atoms with Gasteiger partial charge in [0.25, 0.3) is 0 Å². The lowest BCUT2D eigenvalue weighted by Gasteiger charge is -2.12. The zero-order valence-electron chi connectivity index (χ0n) is 12.1.